The highest BCUT2D eigenvalue weighted by Crippen LogP contribution is 2.26. The van der Waals surface area contributed by atoms with Crippen LogP contribution in [0.1, 0.15) is 12.8 Å². The van der Waals surface area contributed by atoms with E-state index in [-0.39, 0.29) is 5.95 Å². The normalized spacial score (nSPS) is 15.7. The smallest absolute Gasteiger partial charge is 0.240 e. The van der Waals surface area contributed by atoms with Crippen molar-refractivity contribution in [2.24, 2.45) is 0 Å². The van der Waals surface area contributed by atoms with Gasteiger partial charge in [0, 0.05) is 13.1 Å². The number of rotatable bonds is 2. The summed E-state index contributed by atoms with van der Waals surface area (Å²) in [6.45, 7) is 2.11. The average Bonchev–Trinajstić information content (AvgIpc) is 2.95. The van der Waals surface area contributed by atoms with Gasteiger partial charge in [-0.15, -0.1) is 5.10 Å². The molecule has 0 bridgehead atoms. The van der Waals surface area contributed by atoms with Crippen molar-refractivity contribution in [2.75, 3.05) is 30.8 Å². The summed E-state index contributed by atoms with van der Waals surface area (Å²) in [5.41, 5.74) is 6.34. The molecule has 0 aromatic carbocycles. The van der Waals surface area contributed by atoms with Gasteiger partial charge in [0.05, 0.1) is 7.11 Å². The fourth-order valence-electron chi connectivity index (χ4n) is 2.29. The van der Waals surface area contributed by atoms with Gasteiger partial charge in [-0.2, -0.15) is 9.50 Å². The molecule has 3 heterocycles. The number of fused-ring (bicyclic) bond motifs is 1. The lowest BCUT2D eigenvalue weighted by atomic mass is 10.4. The second-order valence-electron chi connectivity index (χ2n) is 4.16. The summed E-state index contributed by atoms with van der Waals surface area (Å²) in [6.07, 6.45) is 2.44. The van der Waals surface area contributed by atoms with Gasteiger partial charge in [0.25, 0.3) is 0 Å². The van der Waals surface area contributed by atoms with Crippen molar-refractivity contribution in [3.8, 4) is 5.75 Å². The largest absolute Gasteiger partial charge is 0.493 e. The van der Waals surface area contributed by atoms with Crippen LogP contribution in [0.25, 0.3) is 5.65 Å². The van der Waals surface area contributed by atoms with Crippen LogP contribution in [0, 0.1) is 0 Å². The molecule has 3 rings (SSSR count). The SMILES string of the molecule is COc1ccc(N2CCCC2)n2nc(N)nc12. The van der Waals surface area contributed by atoms with Gasteiger partial charge in [-0.3, -0.25) is 0 Å². The molecule has 0 spiro atoms. The quantitative estimate of drug-likeness (QED) is 0.835. The molecule has 1 fully saturated rings. The van der Waals surface area contributed by atoms with Crippen LogP contribution in [0.5, 0.6) is 5.75 Å². The zero-order chi connectivity index (χ0) is 11.8. The van der Waals surface area contributed by atoms with Crippen molar-refractivity contribution >= 4 is 17.4 Å². The summed E-state index contributed by atoms with van der Waals surface area (Å²) >= 11 is 0. The molecule has 0 atom stereocenters. The highest BCUT2D eigenvalue weighted by atomic mass is 16.5. The third-order valence-corrected chi connectivity index (χ3v) is 3.09. The number of pyridine rings is 1. The Morgan fingerprint density at radius 1 is 1.29 bits per heavy atom. The fourth-order valence-corrected chi connectivity index (χ4v) is 2.29. The highest BCUT2D eigenvalue weighted by Gasteiger charge is 2.18. The van der Waals surface area contributed by atoms with E-state index in [2.05, 4.69) is 15.0 Å². The van der Waals surface area contributed by atoms with Crippen molar-refractivity contribution in [3.05, 3.63) is 12.1 Å². The number of ether oxygens (including phenoxy) is 1. The molecular weight excluding hydrogens is 218 g/mol. The van der Waals surface area contributed by atoms with Crippen LogP contribution in [0.2, 0.25) is 0 Å². The van der Waals surface area contributed by atoms with Crippen LogP contribution in [0.4, 0.5) is 11.8 Å². The summed E-state index contributed by atoms with van der Waals surface area (Å²) in [7, 11) is 1.62. The Morgan fingerprint density at radius 3 is 2.76 bits per heavy atom. The Bertz CT molecular complexity index is 544. The number of nitrogens with two attached hydrogens (primary N) is 1. The molecule has 0 saturated carbocycles. The van der Waals surface area contributed by atoms with Crippen LogP contribution < -0.4 is 15.4 Å². The van der Waals surface area contributed by atoms with E-state index in [1.807, 2.05) is 12.1 Å². The fraction of sp³-hybridized carbons (Fsp3) is 0.455. The monoisotopic (exact) mass is 233 g/mol. The van der Waals surface area contributed by atoms with E-state index in [0.29, 0.717) is 11.4 Å². The van der Waals surface area contributed by atoms with Gasteiger partial charge in [-0.05, 0) is 25.0 Å². The molecule has 0 unspecified atom stereocenters. The van der Waals surface area contributed by atoms with E-state index in [1.165, 1.54) is 12.8 Å². The minimum atomic E-state index is 0.273. The lowest BCUT2D eigenvalue weighted by Crippen LogP contribution is -2.21. The third-order valence-electron chi connectivity index (χ3n) is 3.09. The Morgan fingerprint density at radius 2 is 2.06 bits per heavy atom. The maximum Gasteiger partial charge on any atom is 0.240 e. The Hall–Kier alpha value is -1.98. The highest BCUT2D eigenvalue weighted by molar-refractivity contribution is 5.61. The summed E-state index contributed by atoms with van der Waals surface area (Å²) in [5.74, 6) is 1.99. The Balaban J connectivity index is 2.18. The zero-order valence-corrected chi connectivity index (χ0v) is 9.76. The molecular formula is C11H15N5O. The van der Waals surface area contributed by atoms with Crippen LogP contribution in [0.3, 0.4) is 0 Å². The van der Waals surface area contributed by atoms with E-state index in [9.17, 15) is 0 Å². The number of hydrogen-bond acceptors (Lipinski definition) is 5. The lowest BCUT2D eigenvalue weighted by Gasteiger charge is -2.18. The minimum Gasteiger partial charge on any atom is -0.493 e. The predicted octanol–water partition coefficient (Wildman–Crippen LogP) is 0.920. The molecule has 1 saturated heterocycles. The van der Waals surface area contributed by atoms with Crippen molar-refractivity contribution in [1.29, 1.82) is 0 Å². The summed E-state index contributed by atoms with van der Waals surface area (Å²) in [6, 6.07) is 3.92. The predicted molar refractivity (Wildman–Crippen MR) is 65.4 cm³/mol. The Kier molecular flexibility index (Phi) is 2.28. The average molecular weight is 233 g/mol. The lowest BCUT2D eigenvalue weighted by molar-refractivity contribution is 0.416. The van der Waals surface area contributed by atoms with Gasteiger partial charge in [0.15, 0.2) is 5.75 Å². The van der Waals surface area contributed by atoms with E-state index in [4.69, 9.17) is 10.5 Å². The topological polar surface area (TPSA) is 68.7 Å². The Labute approximate surface area is 99.0 Å². The van der Waals surface area contributed by atoms with E-state index in [0.717, 1.165) is 18.9 Å². The van der Waals surface area contributed by atoms with Crippen LogP contribution in [0.15, 0.2) is 12.1 Å². The number of anilines is 2. The summed E-state index contributed by atoms with van der Waals surface area (Å²) < 4.78 is 7.02. The van der Waals surface area contributed by atoms with Gasteiger partial charge < -0.3 is 15.4 Å². The van der Waals surface area contributed by atoms with Crippen molar-refractivity contribution < 1.29 is 4.74 Å². The number of nitrogen functional groups attached to an aromatic ring is 1. The summed E-state index contributed by atoms with van der Waals surface area (Å²) in [5, 5.41) is 4.23. The van der Waals surface area contributed by atoms with E-state index in [1.54, 1.807) is 11.6 Å². The van der Waals surface area contributed by atoms with Gasteiger partial charge in [-0.25, -0.2) is 0 Å². The van der Waals surface area contributed by atoms with Crippen molar-refractivity contribution in [1.82, 2.24) is 14.6 Å². The van der Waals surface area contributed by atoms with E-state index < -0.39 is 0 Å². The van der Waals surface area contributed by atoms with Crippen molar-refractivity contribution in [3.63, 3.8) is 0 Å². The van der Waals surface area contributed by atoms with Crippen molar-refractivity contribution in [2.45, 2.75) is 12.8 Å². The second kappa shape index (κ2) is 3.80. The first-order chi connectivity index (χ1) is 8.29. The molecule has 2 aromatic rings. The third kappa shape index (κ3) is 1.56. The molecule has 17 heavy (non-hydrogen) atoms. The molecule has 2 N–H and O–H groups in total. The van der Waals surface area contributed by atoms with E-state index >= 15 is 0 Å². The van der Waals surface area contributed by atoms with Gasteiger partial charge in [0.1, 0.15) is 5.82 Å². The summed E-state index contributed by atoms with van der Waals surface area (Å²) in [4.78, 5) is 6.49. The number of hydrogen-bond donors (Lipinski definition) is 1. The van der Waals surface area contributed by atoms with Gasteiger partial charge >= 0.3 is 0 Å². The van der Waals surface area contributed by atoms with Crippen LogP contribution >= 0.6 is 0 Å². The molecule has 0 radical (unpaired) electrons. The molecule has 2 aromatic heterocycles. The molecule has 1 aliphatic rings. The zero-order valence-electron chi connectivity index (χ0n) is 9.76. The number of methoxy groups -OCH3 is 1. The first kappa shape index (κ1) is 10.2. The minimum absolute atomic E-state index is 0.273. The van der Waals surface area contributed by atoms with Crippen LogP contribution in [-0.4, -0.2) is 34.8 Å². The van der Waals surface area contributed by atoms with Gasteiger partial charge in [0.2, 0.25) is 11.6 Å². The maximum absolute atomic E-state index is 5.66. The first-order valence-corrected chi connectivity index (χ1v) is 5.74. The molecule has 1 aliphatic heterocycles. The maximum atomic E-state index is 5.66. The second-order valence-corrected chi connectivity index (χ2v) is 4.16. The first-order valence-electron chi connectivity index (χ1n) is 5.74. The number of aromatic nitrogens is 3. The molecule has 0 aliphatic carbocycles. The van der Waals surface area contributed by atoms with Gasteiger partial charge in [-0.1, -0.05) is 0 Å². The standard InChI is InChI=1S/C11H15N5O/c1-17-8-4-5-9(15-6-2-3-7-15)16-10(8)13-11(12)14-16/h4-5H,2-3,6-7H2,1H3,(H2,12,14). The molecule has 0 amide bonds. The number of nitrogens with zero attached hydrogens (tertiary/aromatic N) is 4. The molecule has 6 nitrogen and oxygen atoms in total. The molecule has 6 heteroatoms. The molecule has 90 valence electrons. The van der Waals surface area contributed by atoms with Crippen LogP contribution in [-0.2, 0) is 0 Å².